The first kappa shape index (κ1) is 15.9. The third kappa shape index (κ3) is 4.79. The molecule has 21 heavy (non-hydrogen) atoms. The second-order valence-corrected chi connectivity index (χ2v) is 6.27. The summed E-state index contributed by atoms with van der Waals surface area (Å²) < 4.78 is 4.94. The van der Waals surface area contributed by atoms with Crippen molar-refractivity contribution >= 4 is 35.1 Å². The van der Waals surface area contributed by atoms with E-state index in [1.807, 2.05) is 31.2 Å². The van der Waals surface area contributed by atoms with Gasteiger partial charge in [-0.2, -0.15) is 0 Å². The minimum atomic E-state index is -0.127. The topological polar surface area (TPSA) is 55.1 Å². The van der Waals surface area contributed by atoms with Crippen LogP contribution in [-0.4, -0.2) is 16.3 Å². The van der Waals surface area contributed by atoms with Gasteiger partial charge < -0.3 is 9.84 Å². The van der Waals surface area contributed by atoms with Gasteiger partial charge in [-0.15, -0.1) is 11.8 Å². The maximum Gasteiger partial charge on any atom is 0.238 e. The van der Waals surface area contributed by atoms with Crippen molar-refractivity contribution in [2.75, 3.05) is 5.32 Å². The van der Waals surface area contributed by atoms with Crippen LogP contribution in [0.1, 0.15) is 24.7 Å². The summed E-state index contributed by atoms with van der Waals surface area (Å²) in [5, 5.41) is 7.13. The first-order valence-corrected chi connectivity index (χ1v) is 8.11. The lowest BCUT2D eigenvalue weighted by Crippen LogP contribution is -2.24. The largest absolute Gasteiger partial charge is 0.360 e. The predicted octanol–water partition coefficient (Wildman–Crippen LogP) is 4.29. The molecule has 0 bridgehead atoms. The zero-order valence-corrected chi connectivity index (χ0v) is 13.5. The average Bonchev–Trinajstić information content (AvgIpc) is 2.87. The molecule has 2 rings (SSSR count). The molecule has 1 atom stereocenters. The highest BCUT2D eigenvalue weighted by atomic mass is 35.5. The van der Waals surface area contributed by atoms with Crippen LogP contribution in [0.4, 0.5) is 5.82 Å². The van der Waals surface area contributed by atoms with Gasteiger partial charge >= 0.3 is 0 Å². The minimum Gasteiger partial charge on any atom is -0.360 e. The summed E-state index contributed by atoms with van der Waals surface area (Å²) in [5.74, 6) is 1.85. The number of hydrogen-bond donors (Lipinski definition) is 1. The molecule has 0 spiro atoms. The van der Waals surface area contributed by atoms with E-state index >= 15 is 0 Å². The minimum absolute atomic E-state index is 0.0511. The molecule has 0 radical (unpaired) electrons. The van der Waals surface area contributed by atoms with Crippen LogP contribution in [0.3, 0.4) is 0 Å². The van der Waals surface area contributed by atoms with E-state index in [1.165, 1.54) is 0 Å². The molecule has 4 nitrogen and oxygen atoms in total. The fourth-order valence-electron chi connectivity index (χ4n) is 1.79. The quantitative estimate of drug-likeness (QED) is 0.861. The Kier molecular flexibility index (Phi) is 5.70. The molecule has 1 N–H and O–H groups in total. The van der Waals surface area contributed by atoms with Gasteiger partial charge in [0.05, 0.1) is 5.25 Å². The van der Waals surface area contributed by atoms with Gasteiger partial charge in [0.25, 0.3) is 0 Å². The number of aromatic nitrogens is 1. The van der Waals surface area contributed by atoms with Crippen molar-refractivity contribution in [1.82, 2.24) is 5.16 Å². The number of thioether (sulfide) groups is 1. The van der Waals surface area contributed by atoms with Crippen LogP contribution in [0.2, 0.25) is 5.02 Å². The Morgan fingerprint density at radius 3 is 2.71 bits per heavy atom. The molecule has 6 heteroatoms. The Labute approximate surface area is 133 Å². The van der Waals surface area contributed by atoms with Crippen molar-refractivity contribution in [1.29, 1.82) is 0 Å². The molecule has 0 aliphatic rings. The van der Waals surface area contributed by atoms with Crippen LogP contribution < -0.4 is 5.32 Å². The highest BCUT2D eigenvalue weighted by Crippen LogP contribution is 2.23. The third-order valence-electron chi connectivity index (χ3n) is 2.91. The highest BCUT2D eigenvalue weighted by Gasteiger charge is 2.18. The number of carbonyl (C=O) groups is 1. The summed E-state index contributed by atoms with van der Waals surface area (Å²) in [6.07, 6.45) is 0.751. The number of nitrogens with one attached hydrogen (secondary N) is 1. The molecule has 1 amide bonds. The van der Waals surface area contributed by atoms with E-state index in [0.29, 0.717) is 11.6 Å². The highest BCUT2D eigenvalue weighted by molar-refractivity contribution is 7.99. The van der Waals surface area contributed by atoms with Gasteiger partial charge in [-0.1, -0.05) is 35.8 Å². The Morgan fingerprint density at radius 1 is 1.43 bits per heavy atom. The summed E-state index contributed by atoms with van der Waals surface area (Å²) in [6, 6.07) is 9.36. The van der Waals surface area contributed by atoms with Crippen molar-refractivity contribution < 1.29 is 9.32 Å². The van der Waals surface area contributed by atoms with Crippen LogP contribution in [0.5, 0.6) is 0 Å². The zero-order valence-electron chi connectivity index (χ0n) is 11.9. The molecule has 1 unspecified atom stereocenters. The SMILES string of the molecule is CCC(SCc1ccc(Cl)cc1)C(=O)Nc1cc(C)on1. The van der Waals surface area contributed by atoms with E-state index in [9.17, 15) is 4.79 Å². The Hall–Kier alpha value is -1.46. The van der Waals surface area contributed by atoms with Crippen molar-refractivity contribution in [2.24, 2.45) is 0 Å². The monoisotopic (exact) mass is 324 g/mol. The van der Waals surface area contributed by atoms with Crippen LogP contribution in [0.15, 0.2) is 34.9 Å². The molecule has 0 aliphatic carbocycles. The van der Waals surface area contributed by atoms with Gasteiger partial charge in [-0.25, -0.2) is 0 Å². The third-order valence-corrected chi connectivity index (χ3v) is 4.61. The number of nitrogens with zero attached hydrogens (tertiary/aromatic N) is 1. The second kappa shape index (κ2) is 7.52. The summed E-state index contributed by atoms with van der Waals surface area (Å²) in [7, 11) is 0. The molecule has 0 aliphatic heterocycles. The Balaban J connectivity index is 1.89. The van der Waals surface area contributed by atoms with E-state index < -0.39 is 0 Å². The van der Waals surface area contributed by atoms with Gasteiger partial charge in [0.15, 0.2) is 5.82 Å². The summed E-state index contributed by atoms with van der Waals surface area (Å²) in [5.41, 5.74) is 1.15. The fourth-order valence-corrected chi connectivity index (χ4v) is 2.95. The molecule has 1 heterocycles. The zero-order chi connectivity index (χ0) is 15.2. The lowest BCUT2D eigenvalue weighted by atomic mass is 10.2. The predicted molar refractivity (Wildman–Crippen MR) is 86.7 cm³/mol. The van der Waals surface area contributed by atoms with Gasteiger partial charge in [0.2, 0.25) is 5.91 Å². The number of anilines is 1. The van der Waals surface area contributed by atoms with Crippen molar-refractivity contribution in [3.63, 3.8) is 0 Å². The number of carbonyl (C=O) groups excluding carboxylic acids is 1. The fraction of sp³-hybridized carbons (Fsp3) is 0.333. The van der Waals surface area contributed by atoms with Gasteiger partial charge in [0.1, 0.15) is 5.76 Å². The van der Waals surface area contributed by atoms with Crippen LogP contribution in [0.25, 0.3) is 0 Å². The first-order chi connectivity index (χ1) is 10.1. The van der Waals surface area contributed by atoms with Crippen LogP contribution in [-0.2, 0) is 10.5 Å². The van der Waals surface area contributed by atoms with Crippen molar-refractivity contribution in [3.8, 4) is 0 Å². The standard InChI is InChI=1S/C15H17ClN2O2S/c1-3-13(15(19)17-14-8-10(2)20-18-14)21-9-11-4-6-12(16)7-5-11/h4-8,13H,3,9H2,1-2H3,(H,17,18,19). The lowest BCUT2D eigenvalue weighted by molar-refractivity contribution is -0.115. The van der Waals surface area contributed by atoms with Crippen molar-refractivity contribution in [3.05, 3.63) is 46.7 Å². The van der Waals surface area contributed by atoms with Gasteiger partial charge in [-0.3, -0.25) is 4.79 Å². The Bertz CT molecular complexity index is 598. The summed E-state index contributed by atoms with van der Waals surface area (Å²) in [4.78, 5) is 12.2. The molecule has 1 aromatic carbocycles. The van der Waals surface area contributed by atoms with E-state index in [2.05, 4.69) is 10.5 Å². The molecule has 0 saturated heterocycles. The normalized spacial score (nSPS) is 12.1. The number of amides is 1. The van der Waals surface area contributed by atoms with Crippen molar-refractivity contribution in [2.45, 2.75) is 31.3 Å². The molecule has 1 aromatic heterocycles. The summed E-state index contributed by atoms with van der Waals surface area (Å²) >= 11 is 7.46. The van der Waals surface area contributed by atoms with Gasteiger partial charge in [0, 0.05) is 16.8 Å². The molecular weight excluding hydrogens is 308 g/mol. The van der Waals surface area contributed by atoms with Gasteiger partial charge in [-0.05, 0) is 31.0 Å². The smallest absolute Gasteiger partial charge is 0.238 e. The van der Waals surface area contributed by atoms with E-state index in [0.717, 1.165) is 22.8 Å². The number of benzene rings is 1. The maximum atomic E-state index is 12.2. The lowest BCUT2D eigenvalue weighted by Gasteiger charge is -2.13. The number of halogens is 1. The van der Waals surface area contributed by atoms with Crippen LogP contribution in [0, 0.1) is 6.92 Å². The first-order valence-electron chi connectivity index (χ1n) is 6.68. The second-order valence-electron chi connectivity index (χ2n) is 4.65. The number of rotatable bonds is 6. The molecule has 112 valence electrons. The van der Waals surface area contributed by atoms with E-state index in [1.54, 1.807) is 24.8 Å². The Morgan fingerprint density at radius 2 is 2.14 bits per heavy atom. The van der Waals surface area contributed by atoms with E-state index in [4.69, 9.17) is 16.1 Å². The number of aryl methyl sites for hydroxylation is 1. The molecule has 0 saturated carbocycles. The van der Waals surface area contributed by atoms with E-state index in [-0.39, 0.29) is 11.2 Å². The molecular formula is C15H17ClN2O2S. The summed E-state index contributed by atoms with van der Waals surface area (Å²) in [6.45, 7) is 3.78. The molecule has 2 aromatic rings. The maximum absolute atomic E-state index is 12.2. The van der Waals surface area contributed by atoms with Crippen LogP contribution >= 0.6 is 23.4 Å². The number of hydrogen-bond acceptors (Lipinski definition) is 4. The molecule has 0 fully saturated rings. The average molecular weight is 325 g/mol.